The molecule has 0 aliphatic carbocycles. The number of hydrogen-bond acceptors (Lipinski definition) is 4. The molecule has 1 saturated heterocycles. The lowest BCUT2D eigenvalue weighted by Gasteiger charge is -2.45. The molecule has 0 saturated carbocycles. The molecule has 1 heterocycles. The maximum Gasteiger partial charge on any atom is 0.223 e. The van der Waals surface area contributed by atoms with Gasteiger partial charge >= 0.3 is 0 Å². The van der Waals surface area contributed by atoms with Crippen LogP contribution in [0.4, 0.5) is 0 Å². The van der Waals surface area contributed by atoms with Crippen molar-refractivity contribution in [3.63, 3.8) is 0 Å². The van der Waals surface area contributed by atoms with E-state index in [0.717, 1.165) is 5.70 Å². The van der Waals surface area contributed by atoms with Crippen LogP contribution in [0.3, 0.4) is 0 Å². The molecule has 0 N–H and O–H groups in total. The minimum absolute atomic E-state index is 0.112. The molecule has 0 radical (unpaired) electrons. The van der Waals surface area contributed by atoms with E-state index in [4.69, 9.17) is 14.1 Å². The van der Waals surface area contributed by atoms with Crippen molar-refractivity contribution >= 4 is 8.32 Å². The summed E-state index contributed by atoms with van der Waals surface area (Å²) in [5.41, 5.74) is 2.01. The molecule has 0 aromatic heterocycles. The van der Waals surface area contributed by atoms with Crippen LogP contribution in [0.15, 0.2) is 42.6 Å². The zero-order chi connectivity index (χ0) is 15.7. The third kappa shape index (κ3) is 3.94. The van der Waals surface area contributed by atoms with Crippen molar-refractivity contribution in [3.05, 3.63) is 48.2 Å². The van der Waals surface area contributed by atoms with Crippen LogP contribution in [-0.4, -0.2) is 26.4 Å². The summed E-state index contributed by atoms with van der Waals surface area (Å²) >= 11 is 0. The molecule has 0 unspecified atom stereocenters. The fraction of sp³-hybridized carbons (Fsp3) is 0.500. The molecule has 21 heavy (non-hydrogen) atoms. The molecular formula is C16H25NO3Si. The molecule has 1 aromatic rings. The van der Waals surface area contributed by atoms with Crippen molar-refractivity contribution in [3.8, 4) is 0 Å². The largest absolute Gasteiger partial charge is 0.351 e. The van der Waals surface area contributed by atoms with E-state index in [1.807, 2.05) is 25.1 Å². The number of ether oxygens (including phenoxy) is 1. The highest BCUT2D eigenvalue weighted by atomic mass is 28.4. The number of hydroxylamine groups is 2. The summed E-state index contributed by atoms with van der Waals surface area (Å²) in [6, 6.07) is 10.3. The highest BCUT2D eigenvalue weighted by Gasteiger charge is 2.42. The first kappa shape index (κ1) is 16.2. The SMILES string of the molecule is C=C1[C@@H](c2ccccc2)C[C@](C)(OC)ON1O[Si](C)(C)C. The second kappa shape index (κ2) is 5.92. The molecule has 1 aliphatic rings. The van der Waals surface area contributed by atoms with Crippen LogP contribution in [0.25, 0.3) is 0 Å². The lowest BCUT2D eigenvalue weighted by molar-refractivity contribution is -0.422. The van der Waals surface area contributed by atoms with Crippen molar-refractivity contribution in [2.75, 3.05) is 7.11 Å². The number of allylic oxidation sites excluding steroid dienone is 1. The van der Waals surface area contributed by atoms with Gasteiger partial charge in [-0.15, -0.1) is 5.23 Å². The highest BCUT2D eigenvalue weighted by Crippen LogP contribution is 2.42. The summed E-state index contributed by atoms with van der Waals surface area (Å²) in [7, 11) is -0.152. The Morgan fingerprint density at radius 1 is 1.29 bits per heavy atom. The van der Waals surface area contributed by atoms with Crippen LogP contribution < -0.4 is 0 Å². The van der Waals surface area contributed by atoms with E-state index >= 15 is 0 Å². The topological polar surface area (TPSA) is 30.9 Å². The van der Waals surface area contributed by atoms with E-state index in [1.54, 1.807) is 7.11 Å². The summed E-state index contributed by atoms with van der Waals surface area (Å²) in [5.74, 6) is -0.609. The molecule has 2 atom stereocenters. The summed E-state index contributed by atoms with van der Waals surface area (Å²) in [6.45, 7) is 12.4. The molecule has 0 bridgehead atoms. The third-order valence-electron chi connectivity index (χ3n) is 3.48. The van der Waals surface area contributed by atoms with Crippen molar-refractivity contribution < 1.29 is 14.1 Å². The average Bonchev–Trinajstić information content (AvgIpc) is 2.42. The number of rotatable bonds is 4. The Hall–Kier alpha value is -1.14. The van der Waals surface area contributed by atoms with Crippen LogP contribution in [-0.2, 0) is 14.1 Å². The first-order valence-electron chi connectivity index (χ1n) is 7.21. The van der Waals surface area contributed by atoms with Crippen LogP contribution in [0.5, 0.6) is 0 Å². The van der Waals surface area contributed by atoms with Gasteiger partial charge in [-0.2, -0.15) is 0 Å². The summed E-state index contributed by atoms with van der Waals surface area (Å²) < 4.78 is 11.6. The molecule has 116 valence electrons. The van der Waals surface area contributed by atoms with E-state index in [1.165, 1.54) is 10.8 Å². The van der Waals surface area contributed by atoms with Crippen molar-refractivity contribution in [1.82, 2.24) is 5.23 Å². The summed E-state index contributed by atoms with van der Waals surface area (Å²) in [6.07, 6.45) is 0.706. The predicted molar refractivity (Wildman–Crippen MR) is 85.7 cm³/mol. The maximum absolute atomic E-state index is 6.01. The van der Waals surface area contributed by atoms with E-state index in [9.17, 15) is 0 Å². The van der Waals surface area contributed by atoms with Gasteiger partial charge in [-0.25, -0.2) is 4.84 Å². The van der Waals surface area contributed by atoms with Crippen LogP contribution in [0, 0.1) is 0 Å². The highest BCUT2D eigenvalue weighted by molar-refractivity contribution is 6.69. The number of nitrogens with zero attached hydrogens (tertiary/aromatic N) is 1. The van der Waals surface area contributed by atoms with Crippen LogP contribution in [0.2, 0.25) is 19.6 Å². The van der Waals surface area contributed by atoms with Crippen molar-refractivity contribution in [2.45, 2.75) is 44.7 Å². The molecule has 0 spiro atoms. The Kier molecular flexibility index (Phi) is 4.58. The third-order valence-corrected chi connectivity index (χ3v) is 4.19. The van der Waals surface area contributed by atoms with Gasteiger partial charge in [0, 0.05) is 19.4 Å². The molecule has 4 nitrogen and oxygen atoms in total. The number of hydrogen-bond donors (Lipinski definition) is 0. The second-order valence-corrected chi connectivity index (χ2v) is 11.0. The lowest BCUT2D eigenvalue weighted by Crippen LogP contribution is -2.49. The van der Waals surface area contributed by atoms with Gasteiger partial charge in [-0.1, -0.05) is 36.9 Å². The molecule has 1 fully saturated rings. The van der Waals surface area contributed by atoms with Crippen molar-refractivity contribution in [2.24, 2.45) is 0 Å². The first-order valence-corrected chi connectivity index (χ1v) is 10.6. The van der Waals surface area contributed by atoms with E-state index < -0.39 is 14.1 Å². The van der Waals surface area contributed by atoms with Gasteiger partial charge in [0.05, 0.1) is 5.70 Å². The van der Waals surface area contributed by atoms with Gasteiger partial charge in [0.25, 0.3) is 0 Å². The minimum atomic E-state index is -1.81. The van der Waals surface area contributed by atoms with Gasteiger partial charge < -0.3 is 4.74 Å². The quantitative estimate of drug-likeness (QED) is 0.785. The second-order valence-electron chi connectivity index (χ2n) is 6.55. The predicted octanol–water partition coefficient (Wildman–Crippen LogP) is 4.05. The van der Waals surface area contributed by atoms with Gasteiger partial charge in [0.2, 0.25) is 8.32 Å². The van der Waals surface area contributed by atoms with Crippen LogP contribution >= 0.6 is 0 Å². The van der Waals surface area contributed by atoms with Gasteiger partial charge in [-0.05, 0) is 32.1 Å². The van der Waals surface area contributed by atoms with Crippen molar-refractivity contribution in [1.29, 1.82) is 0 Å². The minimum Gasteiger partial charge on any atom is -0.351 e. The van der Waals surface area contributed by atoms with E-state index in [0.29, 0.717) is 6.42 Å². The fourth-order valence-electron chi connectivity index (χ4n) is 2.33. The zero-order valence-corrected chi connectivity index (χ0v) is 14.6. The smallest absolute Gasteiger partial charge is 0.223 e. The first-order chi connectivity index (χ1) is 9.74. The maximum atomic E-state index is 6.01. The normalized spacial score (nSPS) is 27.0. The number of benzene rings is 1. The molecule has 1 aromatic carbocycles. The van der Waals surface area contributed by atoms with Gasteiger partial charge in [0.1, 0.15) is 0 Å². The zero-order valence-electron chi connectivity index (χ0n) is 13.6. The van der Waals surface area contributed by atoms with E-state index in [2.05, 4.69) is 38.4 Å². The number of methoxy groups -OCH3 is 1. The molecule has 1 aliphatic heterocycles. The summed E-state index contributed by atoms with van der Waals surface area (Å²) in [4.78, 5) is 5.89. The van der Waals surface area contributed by atoms with Gasteiger partial charge in [-0.3, -0.25) is 4.53 Å². The van der Waals surface area contributed by atoms with Gasteiger partial charge in [0.15, 0.2) is 5.79 Å². The Morgan fingerprint density at radius 3 is 2.43 bits per heavy atom. The molecule has 0 amide bonds. The molecule has 2 rings (SSSR count). The Labute approximate surface area is 128 Å². The Balaban J connectivity index is 2.30. The summed E-state index contributed by atoms with van der Waals surface area (Å²) in [5, 5.41) is 1.48. The van der Waals surface area contributed by atoms with Crippen LogP contribution in [0.1, 0.15) is 24.8 Å². The Morgan fingerprint density at radius 2 is 1.90 bits per heavy atom. The Bertz CT molecular complexity index is 500. The standard InChI is InChI=1S/C16H25NO3Si/c1-13-15(14-10-8-7-9-11-14)12-16(2,18-3)19-17(13)20-21(4,5)6/h7-11,15H,1,12H2,2-6H3/t15-,16+/m0/s1. The molecular weight excluding hydrogens is 282 g/mol. The monoisotopic (exact) mass is 307 g/mol. The lowest BCUT2D eigenvalue weighted by atomic mass is 9.89. The average molecular weight is 307 g/mol. The fourth-order valence-corrected chi connectivity index (χ4v) is 2.98. The van der Waals surface area contributed by atoms with E-state index in [-0.39, 0.29) is 5.92 Å². The molecule has 5 heteroatoms.